The summed E-state index contributed by atoms with van der Waals surface area (Å²) in [5, 5.41) is 8.81. The second-order valence-corrected chi connectivity index (χ2v) is 10.0. The van der Waals surface area contributed by atoms with Crippen molar-refractivity contribution >= 4 is 33.4 Å². The van der Waals surface area contributed by atoms with Crippen LogP contribution in [0.3, 0.4) is 0 Å². The van der Waals surface area contributed by atoms with Gasteiger partial charge in [0.1, 0.15) is 11.4 Å². The van der Waals surface area contributed by atoms with Crippen molar-refractivity contribution in [3.63, 3.8) is 0 Å². The normalized spacial score (nSPS) is 22.7. The van der Waals surface area contributed by atoms with Crippen molar-refractivity contribution in [2.45, 2.75) is 43.2 Å². The van der Waals surface area contributed by atoms with Gasteiger partial charge in [0.25, 0.3) is 5.91 Å². The van der Waals surface area contributed by atoms with Gasteiger partial charge in [0.05, 0.1) is 16.3 Å². The lowest BCUT2D eigenvalue weighted by molar-refractivity contribution is -0.127. The molecule has 0 saturated carbocycles. The van der Waals surface area contributed by atoms with Crippen LogP contribution >= 0.6 is 0 Å². The predicted octanol–water partition coefficient (Wildman–Crippen LogP) is 2.98. The highest BCUT2D eigenvalue weighted by atomic mass is 32.3. The summed E-state index contributed by atoms with van der Waals surface area (Å²) >= 11 is 0. The van der Waals surface area contributed by atoms with Crippen molar-refractivity contribution in [2.24, 2.45) is 0 Å². The van der Waals surface area contributed by atoms with E-state index >= 15 is 0 Å². The number of carbonyl (C=O) groups is 2. The number of rotatable bonds is 6. The molecule has 2 aromatic rings. The Morgan fingerprint density at radius 3 is 2.76 bits per heavy atom. The van der Waals surface area contributed by atoms with Crippen molar-refractivity contribution in [1.82, 2.24) is 10.2 Å². The van der Waals surface area contributed by atoms with E-state index in [1.54, 1.807) is 6.92 Å². The minimum Gasteiger partial charge on any atom is -0.384 e. The van der Waals surface area contributed by atoms with Crippen molar-refractivity contribution < 1.29 is 26.3 Å². The molecule has 0 radical (unpaired) electrons. The highest BCUT2D eigenvalue weighted by molar-refractivity contribution is 7.86. The quantitative estimate of drug-likeness (QED) is 0.536. The number of nitrogens with one attached hydrogen (secondary N) is 3. The average molecular weight is 493 g/mol. The molecule has 0 spiro atoms. The third kappa shape index (κ3) is 4.37. The zero-order chi connectivity index (χ0) is 24.7. The number of hydrogen-bond acceptors (Lipinski definition) is 6. The average Bonchev–Trinajstić information content (AvgIpc) is 3.05. The van der Waals surface area contributed by atoms with Gasteiger partial charge in [0, 0.05) is 30.3 Å². The van der Waals surface area contributed by atoms with Crippen LogP contribution in [0.25, 0.3) is 0 Å². The summed E-state index contributed by atoms with van der Waals surface area (Å²) in [6.07, 6.45) is 1.32. The summed E-state index contributed by atoms with van der Waals surface area (Å²) in [6, 6.07) is 7.12. The summed E-state index contributed by atoms with van der Waals surface area (Å²) in [5.74, 6) is -1.28. The molecule has 4 rings (SSSR count). The number of anilines is 2. The fourth-order valence-corrected chi connectivity index (χ4v) is 5.19. The van der Waals surface area contributed by atoms with Crippen LogP contribution in [0, 0.1) is 5.82 Å². The van der Waals surface area contributed by atoms with E-state index in [1.807, 2.05) is 11.8 Å². The van der Waals surface area contributed by atoms with Gasteiger partial charge in [-0.05, 0) is 63.6 Å². The number of nitrogens with zero attached hydrogens (tertiary/aromatic N) is 1. The molecule has 2 aliphatic heterocycles. The fraction of sp³-hybridized carbons (Fsp3) is 0.391. The number of likely N-dealkylation sites (tertiary alicyclic amines) is 1. The molecule has 0 aliphatic carbocycles. The van der Waals surface area contributed by atoms with E-state index in [-0.39, 0.29) is 17.5 Å². The Bertz CT molecular complexity index is 1250. The molecular formula is C23H26F2N4O4S. The van der Waals surface area contributed by atoms with E-state index in [2.05, 4.69) is 16.0 Å². The van der Waals surface area contributed by atoms with E-state index in [0.717, 1.165) is 12.1 Å². The summed E-state index contributed by atoms with van der Waals surface area (Å²) < 4.78 is 50.1. The number of carbonyl (C=O) groups excluding carboxylic acids is 2. The standard InChI is InChI=1S/C23H26F2N4O4S/c1-3-26-19-12-15(24)11-18-20(19)28-22(31)23(18,2)29-9-5-7-16(13-29)27-21(30)14-6-4-8-17(10-14)34(25,32)33/h4,6,8,10-12,16,26H,3,5,7,9,13H2,1-2H3,(H,27,30)(H,28,31)/t16-,23?/m1/s1. The lowest BCUT2D eigenvalue weighted by atomic mass is 9.88. The van der Waals surface area contributed by atoms with E-state index in [9.17, 15) is 26.3 Å². The Morgan fingerprint density at radius 2 is 2.06 bits per heavy atom. The van der Waals surface area contributed by atoms with Crippen LogP contribution in [0.15, 0.2) is 41.3 Å². The molecule has 11 heteroatoms. The molecule has 3 N–H and O–H groups in total. The van der Waals surface area contributed by atoms with Crippen molar-refractivity contribution in [3.8, 4) is 0 Å². The molecule has 2 heterocycles. The van der Waals surface area contributed by atoms with Gasteiger partial charge >= 0.3 is 10.2 Å². The zero-order valence-corrected chi connectivity index (χ0v) is 19.6. The highest BCUT2D eigenvalue weighted by Gasteiger charge is 2.49. The first-order valence-electron chi connectivity index (χ1n) is 11.0. The van der Waals surface area contributed by atoms with Gasteiger partial charge < -0.3 is 16.0 Å². The number of fused-ring (bicyclic) bond motifs is 1. The van der Waals surface area contributed by atoms with Crippen LogP contribution in [0.1, 0.15) is 42.6 Å². The van der Waals surface area contributed by atoms with Crippen LogP contribution in [-0.4, -0.2) is 50.8 Å². The topological polar surface area (TPSA) is 108 Å². The highest BCUT2D eigenvalue weighted by Crippen LogP contribution is 2.45. The lowest BCUT2D eigenvalue weighted by Crippen LogP contribution is -2.57. The number of benzene rings is 2. The van der Waals surface area contributed by atoms with E-state index in [0.29, 0.717) is 49.4 Å². The molecule has 1 unspecified atom stereocenters. The third-order valence-corrected chi connectivity index (χ3v) is 7.26. The first-order valence-corrected chi connectivity index (χ1v) is 12.4. The monoisotopic (exact) mass is 492 g/mol. The van der Waals surface area contributed by atoms with E-state index in [4.69, 9.17) is 0 Å². The molecule has 0 aromatic heterocycles. The van der Waals surface area contributed by atoms with Crippen molar-refractivity contribution in [1.29, 1.82) is 0 Å². The smallest absolute Gasteiger partial charge is 0.332 e. The van der Waals surface area contributed by atoms with E-state index < -0.39 is 32.4 Å². The number of hydrogen-bond donors (Lipinski definition) is 3. The SMILES string of the molecule is CCNc1cc(F)cc2c1NC(=O)C2(C)N1CCC[C@@H](NC(=O)c2cccc(S(=O)(=O)F)c2)C1. The number of piperidine rings is 1. The molecule has 1 fully saturated rings. The van der Waals surface area contributed by atoms with Crippen molar-refractivity contribution in [3.05, 3.63) is 53.3 Å². The van der Waals surface area contributed by atoms with Crippen LogP contribution in [0.4, 0.5) is 19.7 Å². The van der Waals surface area contributed by atoms with Gasteiger partial charge in [-0.2, -0.15) is 8.42 Å². The molecule has 182 valence electrons. The van der Waals surface area contributed by atoms with Gasteiger partial charge in [-0.15, -0.1) is 3.89 Å². The first-order chi connectivity index (χ1) is 16.0. The molecule has 34 heavy (non-hydrogen) atoms. The molecule has 0 bridgehead atoms. The minimum atomic E-state index is -4.93. The summed E-state index contributed by atoms with van der Waals surface area (Å²) in [4.78, 5) is 27.2. The summed E-state index contributed by atoms with van der Waals surface area (Å²) in [7, 11) is -4.93. The Kier molecular flexibility index (Phi) is 6.34. The summed E-state index contributed by atoms with van der Waals surface area (Å²) in [6.45, 7) is 5.07. The molecule has 2 aromatic carbocycles. The maximum Gasteiger partial charge on any atom is 0.332 e. The van der Waals surface area contributed by atoms with Gasteiger partial charge in [0.15, 0.2) is 0 Å². The van der Waals surface area contributed by atoms with E-state index in [1.165, 1.54) is 24.3 Å². The largest absolute Gasteiger partial charge is 0.384 e. The van der Waals surface area contributed by atoms with Gasteiger partial charge in [-0.25, -0.2) is 4.39 Å². The first kappa shape index (κ1) is 24.1. The van der Waals surface area contributed by atoms with Gasteiger partial charge in [-0.1, -0.05) is 6.07 Å². The second-order valence-electron chi connectivity index (χ2n) is 8.66. The molecule has 1 saturated heterocycles. The predicted molar refractivity (Wildman–Crippen MR) is 123 cm³/mol. The van der Waals surface area contributed by atoms with Crippen LogP contribution < -0.4 is 16.0 Å². The van der Waals surface area contributed by atoms with Gasteiger partial charge in [0.2, 0.25) is 5.91 Å². The maximum absolute atomic E-state index is 14.4. The van der Waals surface area contributed by atoms with Gasteiger partial charge in [-0.3, -0.25) is 14.5 Å². The Hall–Kier alpha value is -3.05. The maximum atomic E-state index is 14.4. The van der Waals surface area contributed by atoms with Crippen molar-refractivity contribution in [2.75, 3.05) is 30.3 Å². The lowest BCUT2D eigenvalue weighted by Gasteiger charge is -2.42. The molecular weight excluding hydrogens is 466 g/mol. The second kappa shape index (κ2) is 8.95. The van der Waals surface area contributed by atoms with Crippen LogP contribution in [0.2, 0.25) is 0 Å². The van der Waals surface area contributed by atoms with Crippen LogP contribution in [-0.2, 0) is 20.6 Å². The molecule has 2 amide bonds. The summed E-state index contributed by atoms with van der Waals surface area (Å²) in [5.41, 5.74) is 0.475. The Labute approximate surface area is 196 Å². The number of halogens is 2. The molecule has 2 aliphatic rings. The molecule has 2 atom stereocenters. The molecule has 8 nitrogen and oxygen atoms in total. The zero-order valence-electron chi connectivity index (χ0n) is 18.8. The minimum absolute atomic E-state index is 0.0170. The number of amides is 2. The fourth-order valence-electron chi connectivity index (χ4n) is 4.69. The Morgan fingerprint density at radius 1 is 1.29 bits per heavy atom. The van der Waals surface area contributed by atoms with Crippen LogP contribution in [0.5, 0.6) is 0 Å². The Balaban J connectivity index is 1.56. The third-order valence-electron chi connectivity index (χ3n) is 6.44.